The van der Waals surface area contributed by atoms with Gasteiger partial charge in [0.15, 0.2) is 19.7 Å². The van der Waals surface area contributed by atoms with Crippen LogP contribution in [0.1, 0.15) is 12.8 Å². The maximum atomic E-state index is 12.0. The third-order valence-corrected chi connectivity index (χ3v) is 5.73. The number of aliphatic hydroxyl groups is 1. The second-order valence-electron chi connectivity index (χ2n) is 5.42. The number of hydrogen-bond donors (Lipinski definition) is 1. The second-order valence-corrected chi connectivity index (χ2v) is 9.42. The first-order valence-corrected chi connectivity index (χ1v) is 10.3. The Morgan fingerprint density at radius 1 is 1.14 bits per heavy atom. The summed E-state index contributed by atoms with van der Waals surface area (Å²) in [5.41, 5.74) is 0.448. The number of hydrogen-bond acceptors (Lipinski definition) is 6. The molecule has 1 fully saturated rings. The van der Waals surface area contributed by atoms with Crippen LogP contribution in [0.5, 0.6) is 0 Å². The molecular formula is C13H19NO5S2. The second kappa shape index (κ2) is 5.58. The fourth-order valence-electron chi connectivity index (χ4n) is 2.46. The summed E-state index contributed by atoms with van der Waals surface area (Å²) in [6.07, 6.45) is 3.04. The van der Waals surface area contributed by atoms with Gasteiger partial charge in [0, 0.05) is 25.6 Å². The highest BCUT2D eigenvalue weighted by Crippen LogP contribution is 2.30. The minimum Gasteiger partial charge on any atom is -0.391 e. The lowest BCUT2D eigenvalue weighted by Gasteiger charge is -2.33. The van der Waals surface area contributed by atoms with Gasteiger partial charge in [-0.2, -0.15) is 0 Å². The van der Waals surface area contributed by atoms with Crippen LogP contribution in [0.4, 0.5) is 5.69 Å². The number of benzene rings is 1. The Morgan fingerprint density at radius 3 is 2.33 bits per heavy atom. The van der Waals surface area contributed by atoms with E-state index in [1.807, 2.05) is 0 Å². The summed E-state index contributed by atoms with van der Waals surface area (Å²) < 4.78 is 47.2. The topological polar surface area (TPSA) is 91.8 Å². The van der Waals surface area contributed by atoms with E-state index in [1.165, 1.54) is 18.2 Å². The normalized spacial score (nSPS) is 20.5. The molecule has 0 amide bonds. The van der Waals surface area contributed by atoms with Gasteiger partial charge in [0.05, 0.1) is 21.6 Å². The SMILES string of the molecule is CS(=O)(=O)c1ccc(N2CCC[C@@H](O)C2)c(S(C)(=O)=O)c1. The standard InChI is InChI=1S/C13H19NO5S2/c1-20(16,17)11-5-6-12(13(8-11)21(2,18)19)14-7-3-4-10(15)9-14/h5-6,8,10,15H,3-4,7,9H2,1-2H3/t10-/m1/s1. The number of rotatable bonds is 3. The molecule has 0 unspecified atom stereocenters. The van der Waals surface area contributed by atoms with Crippen molar-refractivity contribution in [3.8, 4) is 0 Å². The van der Waals surface area contributed by atoms with Crippen LogP contribution < -0.4 is 4.90 Å². The molecule has 0 aliphatic carbocycles. The van der Waals surface area contributed by atoms with Gasteiger partial charge in [0.2, 0.25) is 0 Å². The zero-order valence-electron chi connectivity index (χ0n) is 12.0. The lowest BCUT2D eigenvalue weighted by atomic mass is 10.1. The summed E-state index contributed by atoms with van der Waals surface area (Å²) >= 11 is 0. The average molecular weight is 333 g/mol. The molecule has 6 nitrogen and oxygen atoms in total. The molecule has 1 heterocycles. The molecule has 1 saturated heterocycles. The summed E-state index contributed by atoms with van der Waals surface area (Å²) in [4.78, 5) is 1.75. The lowest BCUT2D eigenvalue weighted by molar-refractivity contribution is 0.154. The first kappa shape index (κ1) is 16.3. The molecule has 0 bridgehead atoms. The Bertz CT molecular complexity index is 740. The molecule has 2 rings (SSSR count). The summed E-state index contributed by atoms with van der Waals surface area (Å²) in [5.74, 6) is 0. The van der Waals surface area contributed by atoms with Crippen molar-refractivity contribution in [3.63, 3.8) is 0 Å². The summed E-state index contributed by atoms with van der Waals surface area (Å²) in [6.45, 7) is 0.985. The van der Waals surface area contributed by atoms with Crippen molar-refractivity contribution >= 4 is 25.4 Å². The smallest absolute Gasteiger partial charge is 0.177 e. The molecule has 21 heavy (non-hydrogen) atoms. The van der Waals surface area contributed by atoms with Crippen molar-refractivity contribution in [2.24, 2.45) is 0 Å². The number of sulfone groups is 2. The van der Waals surface area contributed by atoms with Crippen molar-refractivity contribution in [1.29, 1.82) is 0 Å². The van der Waals surface area contributed by atoms with E-state index < -0.39 is 25.8 Å². The highest BCUT2D eigenvalue weighted by molar-refractivity contribution is 7.91. The van der Waals surface area contributed by atoms with E-state index in [-0.39, 0.29) is 9.79 Å². The predicted octanol–water partition coefficient (Wildman–Crippen LogP) is 0.455. The minimum absolute atomic E-state index is 0.0143. The van der Waals surface area contributed by atoms with Crippen LogP contribution in [0, 0.1) is 0 Å². The van der Waals surface area contributed by atoms with E-state index in [1.54, 1.807) is 4.90 Å². The highest BCUT2D eigenvalue weighted by Gasteiger charge is 2.24. The van der Waals surface area contributed by atoms with Gasteiger partial charge in [-0.1, -0.05) is 0 Å². The summed E-state index contributed by atoms with van der Waals surface area (Å²) in [7, 11) is -7.05. The van der Waals surface area contributed by atoms with Gasteiger partial charge in [0.1, 0.15) is 0 Å². The molecule has 0 radical (unpaired) electrons. The predicted molar refractivity (Wildman–Crippen MR) is 80.1 cm³/mol. The Balaban J connectivity index is 2.56. The Morgan fingerprint density at radius 2 is 1.81 bits per heavy atom. The van der Waals surface area contributed by atoms with Gasteiger partial charge in [-0.3, -0.25) is 0 Å². The third kappa shape index (κ3) is 3.75. The molecule has 8 heteroatoms. The van der Waals surface area contributed by atoms with Gasteiger partial charge < -0.3 is 10.0 Å². The molecule has 1 aliphatic rings. The largest absolute Gasteiger partial charge is 0.391 e. The Labute approximate surface area is 125 Å². The van der Waals surface area contributed by atoms with Gasteiger partial charge in [-0.15, -0.1) is 0 Å². The summed E-state index contributed by atoms with van der Waals surface area (Å²) in [6, 6.07) is 4.10. The molecule has 0 saturated carbocycles. The van der Waals surface area contributed by atoms with Crippen LogP contribution in [-0.4, -0.2) is 53.6 Å². The Hall–Kier alpha value is -1.12. The number of piperidine rings is 1. The number of nitrogens with zero attached hydrogens (tertiary/aromatic N) is 1. The molecule has 1 aliphatic heterocycles. The maximum Gasteiger partial charge on any atom is 0.177 e. The fourth-order valence-corrected chi connectivity index (χ4v) is 4.10. The van der Waals surface area contributed by atoms with Crippen molar-refractivity contribution in [2.45, 2.75) is 28.7 Å². The average Bonchev–Trinajstić information content (AvgIpc) is 2.36. The van der Waals surface area contributed by atoms with Crippen molar-refractivity contribution in [1.82, 2.24) is 0 Å². The zero-order valence-corrected chi connectivity index (χ0v) is 13.6. The number of anilines is 1. The number of β-amino-alcohol motifs (C(OH)–C–C–N with tert-alkyl or cyclic N) is 1. The Kier molecular flexibility index (Phi) is 4.32. The number of aliphatic hydroxyl groups excluding tert-OH is 1. The van der Waals surface area contributed by atoms with E-state index in [2.05, 4.69) is 0 Å². The van der Waals surface area contributed by atoms with Crippen LogP contribution >= 0.6 is 0 Å². The van der Waals surface area contributed by atoms with Crippen molar-refractivity contribution < 1.29 is 21.9 Å². The van der Waals surface area contributed by atoms with Crippen LogP contribution in [0.25, 0.3) is 0 Å². The van der Waals surface area contributed by atoms with E-state index >= 15 is 0 Å². The molecule has 1 aromatic rings. The van der Waals surface area contributed by atoms with Gasteiger partial charge in [-0.05, 0) is 31.0 Å². The molecule has 1 aromatic carbocycles. The highest BCUT2D eigenvalue weighted by atomic mass is 32.2. The quantitative estimate of drug-likeness (QED) is 0.864. The zero-order chi connectivity index (χ0) is 15.8. The minimum atomic E-state index is -3.57. The maximum absolute atomic E-state index is 12.0. The molecule has 1 atom stereocenters. The van der Waals surface area contributed by atoms with Gasteiger partial charge in [0.25, 0.3) is 0 Å². The van der Waals surface area contributed by atoms with Gasteiger partial charge in [-0.25, -0.2) is 16.8 Å². The van der Waals surface area contributed by atoms with Crippen LogP contribution in [0.3, 0.4) is 0 Å². The van der Waals surface area contributed by atoms with E-state index in [0.29, 0.717) is 25.2 Å². The van der Waals surface area contributed by atoms with Crippen LogP contribution in [0.2, 0.25) is 0 Å². The first-order valence-electron chi connectivity index (χ1n) is 6.56. The monoisotopic (exact) mass is 333 g/mol. The molecular weight excluding hydrogens is 314 g/mol. The van der Waals surface area contributed by atoms with E-state index in [0.717, 1.165) is 18.9 Å². The van der Waals surface area contributed by atoms with Crippen LogP contribution in [-0.2, 0) is 19.7 Å². The van der Waals surface area contributed by atoms with Crippen LogP contribution in [0.15, 0.2) is 28.0 Å². The molecule has 0 spiro atoms. The van der Waals surface area contributed by atoms with Crippen molar-refractivity contribution in [3.05, 3.63) is 18.2 Å². The molecule has 0 aromatic heterocycles. The first-order chi connectivity index (χ1) is 9.59. The molecule has 1 N–H and O–H groups in total. The van der Waals surface area contributed by atoms with E-state index in [9.17, 15) is 21.9 Å². The van der Waals surface area contributed by atoms with Gasteiger partial charge >= 0.3 is 0 Å². The summed E-state index contributed by atoms with van der Waals surface area (Å²) in [5, 5.41) is 9.73. The van der Waals surface area contributed by atoms with E-state index in [4.69, 9.17) is 0 Å². The molecule has 118 valence electrons. The fraction of sp³-hybridized carbons (Fsp3) is 0.538. The third-order valence-electron chi connectivity index (χ3n) is 3.50. The lowest BCUT2D eigenvalue weighted by Crippen LogP contribution is -2.38. The van der Waals surface area contributed by atoms with Crippen molar-refractivity contribution in [2.75, 3.05) is 30.5 Å².